The van der Waals surface area contributed by atoms with Crippen LogP contribution in [0.1, 0.15) is 96.1 Å². The summed E-state index contributed by atoms with van der Waals surface area (Å²) < 4.78 is 10.9. The summed E-state index contributed by atoms with van der Waals surface area (Å²) in [6.45, 7) is 4.87. The van der Waals surface area contributed by atoms with Crippen LogP contribution in [-0.4, -0.2) is 12.8 Å². The van der Waals surface area contributed by atoms with Crippen LogP contribution in [0.25, 0.3) is 0 Å². The van der Waals surface area contributed by atoms with Gasteiger partial charge < -0.3 is 9.47 Å². The van der Waals surface area contributed by atoms with Crippen LogP contribution in [0, 0.1) is 0 Å². The van der Waals surface area contributed by atoms with E-state index in [0.717, 1.165) is 31.2 Å². The standard InChI is InChI=1S/C22H36O3/c1-3-5-7-9-10-15-19-24-22(23)25-21(18-14-8-6-4-2)20-16-12-11-13-17-20/h11-13,16-17,21H,3-10,14-15,18-19H2,1-2H3. The zero-order valence-electron chi connectivity index (χ0n) is 16.2. The average Bonchev–Trinajstić information content (AvgIpc) is 2.64. The van der Waals surface area contributed by atoms with Crippen molar-refractivity contribution in [2.45, 2.75) is 90.6 Å². The van der Waals surface area contributed by atoms with Gasteiger partial charge in [0.25, 0.3) is 0 Å². The molecular weight excluding hydrogens is 312 g/mol. The number of unbranched alkanes of at least 4 members (excludes halogenated alkanes) is 8. The molecule has 1 aromatic rings. The summed E-state index contributed by atoms with van der Waals surface area (Å²) in [6.07, 6.45) is 11.9. The fraction of sp³-hybridized carbons (Fsp3) is 0.682. The monoisotopic (exact) mass is 348 g/mol. The Bertz CT molecular complexity index is 430. The van der Waals surface area contributed by atoms with E-state index in [4.69, 9.17) is 9.47 Å². The summed E-state index contributed by atoms with van der Waals surface area (Å²) >= 11 is 0. The van der Waals surface area contributed by atoms with Crippen molar-refractivity contribution < 1.29 is 14.3 Å². The molecule has 0 heterocycles. The number of benzene rings is 1. The topological polar surface area (TPSA) is 35.5 Å². The molecule has 3 heteroatoms. The van der Waals surface area contributed by atoms with Crippen molar-refractivity contribution in [3.05, 3.63) is 35.9 Å². The zero-order valence-corrected chi connectivity index (χ0v) is 16.2. The smallest absolute Gasteiger partial charge is 0.434 e. The Balaban J connectivity index is 2.31. The molecule has 0 N–H and O–H groups in total. The van der Waals surface area contributed by atoms with Crippen molar-refractivity contribution >= 4 is 6.16 Å². The Kier molecular flexibility index (Phi) is 12.7. The van der Waals surface area contributed by atoms with Crippen LogP contribution in [0.3, 0.4) is 0 Å². The molecule has 1 rings (SSSR count). The van der Waals surface area contributed by atoms with Crippen molar-refractivity contribution in [1.82, 2.24) is 0 Å². The van der Waals surface area contributed by atoms with Gasteiger partial charge in [-0.3, -0.25) is 0 Å². The summed E-state index contributed by atoms with van der Waals surface area (Å²) in [5, 5.41) is 0. The normalized spacial score (nSPS) is 11.9. The van der Waals surface area contributed by atoms with Crippen molar-refractivity contribution in [3.63, 3.8) is 0 Å². The van der Waals surface area contributed by atoms with E-state index in [1.807, 2.05) is 30.3 Å². The fourth-order valence-electron chi connectivity index (χ4n) is 2.91. The van der Waals surface area contributed by atoms with Crippen LogP contribution >= 0.6 is 0 Å². The van der Waals surface area contributed by atoms with Gasteiger partial charge in [0.2, 0.25) is 0 Å². The highest BCUT2D eigenvalue weighted by Crippen LogP contribution is 2.24. The number of hydrogen-bond donors (Lipinski definition) is 0. The van der Waals surface area contributed by atoms with Crippen molar-refractivity contribution in [2.75, 3.05) is 6.61 Å². The Hall–Kier alpha value is -1.51. The number of rotatable bonds is 14. The van der Waals surface area contributed by atoms with E-state index in [1.165, 1.54) is 44.9 Å². The molecule has 0 aliphatic carbocycles. The minimum atomic E-state index is -0.530. The van der Waals surface area contributed by atoms with E-state index in [0.29, 0.717) is 6.61 Å². The first-order valence-electron chi connectivity index (χ1n) is 10.2. The lowest BCUT2D eigenvalue weighted by Gasteiger charge is -2.18. The van der Waals surface area contributed by atoms with Gasteiger partial charge in [0.05, 0.1) is 6.61 Å². The minimum Gasteiger partial charge on any atom is -0.434 e. The molecule has 0 spiro atoms. The summed E-state index contributed by atoms with van der Waals surface area (Å²) in [5.41, 5.74) is 1.05. The molecule has 0 amide bonds. The van der Waals surface area contributed by atoms with Crippen LogP contribution in [0.5, 0.6) is 0 Å². The third-order valence-electron chi connectivity index (χ3n) is 4.45. The third-order valence-corrected chi connectivity index (χ3v) is 4.45. The molecular formula is C22H36O3. The van der Waals surface area contributed by atoms with E-state index < -0.39 is 6.16 Å². The minimum absolute atomic E-state index is 0.199. The maximum Gasteiger partial charge on any atom is 0.508 e. The summed E-state index contributed by atoms with van der Waals surface area (Å²) in [7, 11) is 0. The first kappa shape index (κ1) is 21.5. The Labute approximate surface area is 154 Å². The maximum absolute atomic E-state index is 12.0. The third kappa shape index (κ3) is 10.9. The van der Waals surface area contributed by atoms with Gasteiger partial charge in [-0.15, -0.1) is 0 Å². The molecule has 1 aromatic carbocycles. The second-order valence-corrected chi connectivity index (χ2v) is 6.73. The molecule has 25 heavy (non-hydrogen) atoms. The number of ether oxygens (including phenoxy) is 2. The van der Waals surface area contributed by atoms with Gasteiger partial charge in [-0.2, -0.15) is 0 Å². The van der Waals surface area contributed by atoms with E-state index in [2.05, 4.69) is 13.8 Å². The molecule has 3 nitrogen and oxygen atoms in total. The molecule has 0 saturated heterocycles. The molecule has 1 atom stereocenters. The van der Waals surface area contributed by atoms with Crippen LogP contribution in [0.15, 0.2) is 30.3 Å². The second kappa shape index (κ2) is 14.8. The highest BCUT2D eigenvalue weighted by Gasteiger charge is 2.17. The second-order valence-electron chi connectivity index (χ2n) is 6.73. The van der Waals surface area contributed by atoms with Crippen molar-refractivity contribution in [1.29, 1.82) is 0 Å². The Morgan fingerprint density at radius 2 is 1.44 bits per heavy atom. The lowest BCUT2D eigenvalue weighted by Crippen LogP contribution is -2.14. The number of hydrogen-bond acceptors (Lipinski definition) is 3. The molecule has 0 aliphatic rings. The summed E-state index contributed by atoms with van der Waals surface area (Å²) in [5.74, 6) is 0. The zero-order chi connectivity index (χ0) is 18.2. The Morgan fingerprint density at radius 3 is 2.12 bits per heavy atom. The first-order valence-corrected chi connectivity index (χ1v) is 10.2. The van der Waals surface area contributed by atoms with E-state index in [-0.39, 0.29) is 6.10 Å². The lowest BCUT2D eigenvalue weighted by molar-refractivity contribution is 0.0182. The number of carbonyl (C=O) groups is 1. The van der Waals surface area contributed by atoms with Crippen LogP contribution in [-0.2, 0) is 9.47 Å². The van der Waals surface area contributed by atoms with Gasteiger partial charge in [-0.05, 0) is 24.8 Å². The van der Waals surface area contributed by atoms with E-state index in [9.17, 15) is 4.79 Å². The van der Waals surface area contributed by atoms with Gasteiger partial charge >= 0.3 is 6.16 Å². The molecule has 0 aliphatic heterocycles. The molecule has 0 saturated carbocycles. The molecule has 0 radical (unpaired) electrons. The van der Waals surface area contributed by atoms with Crippen LogP contribution in [0.2, 0.25) is 0 Å². The van der Waals surface area contributed by atoms with Crippen molar-refractivity contribution in [2.24, 2.45) is 0 Å². The maximum atomic E-state index is 12.0. The van der Waals surface area contributed by atoms with Gasteiger partial charge in [-0.25, -0.2) is 4.79 Å². The molecule has 142 valence electrons. The molecule has 0 fully saturated rings. The SMILES string of the molecule is CCCCCCCCOC(=O)OC(CCCCCC)c1ccccc1. The summed E-state index contributed by atoms with van der Waals surface area (Å²) in [4.78, 5) is 12.0. The lowest BCUT2D eigenvalue weighted by atomic mass is 10.0. The van der Waals surface area contributed by atoms with E-state index >= 15 is 0 Å². The number of carbonyl (C=O) groups excluding carboxylic acids is 1. The van der Waals surface area contributed by atoms with Gasteiger partial charge in [0.15, 0.2) is 0 Å². The summed E-state index contributed by atoms with van der Waals surface area (Å²) in [6, 6.07) is 9.99. The average molecular weight is 349 g/mol. The fourth-order valence-corrected chi connectivity index (χ4v) is 2.91. The van der Waals surface area contributed by atoms with Crippen LogP contribution in [0.4, 0.5) is 4.79 Å². The predicted octanol–water partition coefficient (Wildman–Crippen LogP) is 7.21. The van der Waals surface area contributed by atoms with Gasteiger partial charge in [0, 0.05) is 0 Å². The molecule has 0 bridgehead atoms. The largest absolute Gasteiger partial charge is 0.508 e. The Morgan fingerprint density at radius 1 is 0.840 bits per heavy atom. The molecule has 0 aromatic heterocycles. The molecule has 1 unspecified atom stereocenters. The van der Waals surface area contributed by atoms with Gasteiger partial charge in [0.1, 0.15) is 6.10 Å². The predicted molar refractivity (Wildman–Crippen MR) is 104 cm³/mol. The van der Waals surface area contributed by atoms with Gasteiger partial charge in [-0.1, -0.05) is 95.5 Å². The quantitative estimate of drug-likeness (QED) is 0.263. The van der Waals surface area contributed by atoms with Crippen molar-refractivity contribution in [3.8, 4) is 0 Å². The highest BCUT2D eigenvalue weighted by molar-refractivity contribution is 5.60. The van der Waals surface area contributed by atoms with Crippen LogP contribution < -0.4 is 0 Å². The highest BCUT2D eigenvalue weighted by atomic mass is 16.7. The van der Waals surface area contributed by atoms with E-state index in [1.54, 1.807) is 0 Å². The first-order chi connectivity index (χ1) is 12.3.